The number of amides is 2. The maximum atomic E-state index is 13.8. The van der Waals surface area contributed by atoms with Gasteiger partial charge in [-0.05, 0) is 49.7 Å². The van der Waals surface area contributed by atoms with Gasteiger partial charge in [0.1, 0.15) is 5.82 Å². The first-order valence-electron chi connectivity index (χ1n) is 12.7. The minimum Gasteiger partial charge on any atom is -0.447 e. The van der Waals surface area contributed by atoms with Crippen molar-refractivity contribution in [2.45, 2.75) is 33.4 Å². The molecule has 0 radical (unpaired) electrons. The van der Waals surface area contributed by atoms with Crippen molar-refractivity contribution < 1.29 is 28.2 Å². The number of nitrogens with one attached hydrogen (secondary N) is 1. The number of carbonyl (C=O) groups is 3. The van der Waals surface area contributed by atoms with Crippen LogP contribution in [0.15, 0.2) is 79.0 Å². The first kappa shape index (κ1) is 27.4. The molecule has 3 aromatic carbocycles. The number of nitrogens with zero attached hydrogens (tertiary/aromatic N) is 2. The van der Waals surface area contributed by atoms with Crippen molar-refractivity contribution in [3.63, 3.8) is 0 Å². The van der Waals surface area contributed by atoms with Crippen LogP contribution < -0.4 is 10.1 Å². The molecule has 2 amide bonds. The first-order chi connectivity index (χ1) is 18.8. The molecular weight excluding hydrogens is 501 g/mol. The molecule has 1 N–H and O–H groups in total. The molecule has 0 bridgehead atoms. The number of halogens is 1. The Balaban J connectivity index is 1.75. The third-order valence-electron chi connectivity index (χ3n) is 6.25. The summed E-state index contributed by atoms with van der Waals surface area (Å²) in [6.07, 6.45) is 0.0235. The topological polar surface area (TPSA) is 89.9 Å². The second-order valence-corrected chi connectivity index (χ2v) is 8.87. The minimum atomic E-state index is -1.22. The molecule has 1 heterocycles. The standard InChI is InChI=1S/C30H30FN3O5/c1-4-33(5-2)30(37)39-26-15-14-25-24(16-17-34(25)19-21-10-9-13-23(31)18-21)27(26)32-29(36)28(38-20(3)35)22-11-7-6-8-12-22/h6-18,28H,4-5,19H2,1-3H3,(H,32,36)/t28-/m0/s1. The van der Waals surface area contributed by atoms with Gasteiger partial charge in [0.25, 0.3) is 5.91 Å². The molecule has 202 valence electrons. The van der Waals surface area contributed by atoms with Crippen molar-refractivity contribution in [2.75, 3.05) is 18.4 Å². The predicted octanol–water partition coefficient (Wildman–Crippen LogP) is 5.91. The molecule has 0 fully saturated rings. The number of esters is 1. The Morgan fingerprint density at radius 2 is 1.72 bits per heavy atom. The van der Waals surface area contributed by atoms with Crippen LogP contribution in [0.25, 0.3) is 10.9 Å². The summed E-state index contributed by atoms with van der Waals surface area (Å²) in [6.45, 7) is 6.19. The van der Waals surface area contributed by atoms with E-state index in [2.05, 4.69) is 5.32 Å². The molecule has 4 rings (SSSR count). The molecule has 0 unspecified atom stereocenters. The third-order valence-corrected chi connectivity index (χ3v) is 6.25. The van der Waals surface area contributed by atoms with Crippen LogP contribution in [-0.2, 0) is 20.9 Å². The Morgan fingerprint density at radius 3 is 2.38 bits per heavy atom. The van der Waals surface area contributed by atoms with Gasteiger partial charge in [-0.2, -0.15) is 0 Å². The molecule has 4 aromatic rings. The number of carbonyl (C=O) groups excluding carboxylic acids is 3. The Labute approximate surface area is 225 Å². The average Bonchev–Trinajstić information content (AvgIpc) is 3.32. The van der Waals surface area contributed by atoms with Crippen LogP contribution in [0.5, 0.6) is 5.75 Å². The summed E-state index contributed by atoms with van der Waals surface area (Å²) in [7, 11) is 0. The van der Waals surface area contributed by atoms with E-state index >= 15 is 0 Å². The minimum absolute atomic E-state index is 0.144. The van der Waals surface area contributed by atoms with Gasteiger partial charge in [-0.1, -0.05) is 42.5 Å². The van der Waals surface area contributed by atoms with Gasteiger partial charge in [0.15, 0.2) is 5.75 Å². The Bertz CT molecular complexity index is 1480. The highest BCUT2D eigenvalue weighted by Gasteiger charge is 2.27. The lowest BCUT2D eigenvalue weighted by molar-refractivity contribution is -0.152. The number of anilines is 1. The van der Waals surface area contributed by atoms with Crippen LogP contribution in [0.4, 0.5) is 14.9 Å². The lowest BCUT2D eigenvalue weighted by atomic mass is 10.1. The highest BCUT2D eigenvalue weighted by molar-refractivity contribution is 6.06. The molecule has 9 heteroatoms. The molecule has 0 aliphatic rings. The van der Waals surface area contributed by atoms with Gasteiger partial charge < -0.3 is 24.3 Å². The van der Waals surface area contributed by atoms with Crippen molar-refractivity contribution in [3.8, 4) is 5.75 Å². The van der Waals surface area contributed by atoms with Crippen LogP contribution in [0, 0.1) is 5.82 Å². The van der Waals surface area contributed by atoms with Gasteiger partial charge in [0.05, 0.1) is 11.2 Å². The van der Waals surface area contributed by atoms with Crippen LogP contribution >= 0.6 is 0 Å². The van der Waals surface area contributed by atoms with E-state index in [9.17, 15) is 18.8 Å². The molecule has 0 aliphatic carbocycles. The largest absolute Gasteiger partial charge is 0.447 e. The van der Waals surface area contributed by atoms with E-state index in [0.29, 0.717) is 30.6 Å². The lowest BCUT2D eigenvalue weighted by Crippen LogP contribution is -2.33. The first-order valence-corrected chi connectivity index (χ1v) is 12.7. The van der Waals surface area contributed by atoms with Crippen LogP contribution in [0.3, 0.4) is 0 Å². The van der Waals surface area contributed by atoms with Crippen LogP contribution in [-0.4, -0.2) is 40.5 Å². The van der Waals surface area contributed by atoms with Crippen molar-refractivity contribution >= 4 is 34.6 Å². The summed E-state index contributed by atoms with van der Waals surface area (Å²) in [5, 5.41) is 3.44. The summed E-state index contributed by atoms with van der Waals surface area (Å²) in [6, 6.07) is 20.1. The fraction of sp³-hybridized carbons (Fsp3) is 0.233. The smallest absolute Gasteiger partial charge is 0.415 e. The van der Waals surface area contributed by atoms with Gasteiger partial charge in [-0.15, -0.1) is 0 Å². The average molecular weight is 532 g/mol. The van der Waals surface area contributed by atoms with Crippen molar-refractivity contribution in [1.29, 1.82) is 0 Å². The molecule has 1 aromatic heterocycles. The Kier molecular flexibility index (Phi) is 8.60. The Hall–Kier alpha value is -4.66. The fourth-order valence-electron chi connectivity index (χ4n) is 4.33. The van der Waals surface area contributed by atoms with E-state index in [4.69, 9.17) is 9.47 Å². The Morgan fingerprint density at radius 1 is 0.974 bits per heavy atom. The lowest BCUT2D eigenvalue weighted by Gasteiger charge is -2.21. The second-order valence-electron chi connectivity index (χ2n) is 8.87. The monoisotopic (exact) mass is 531 g/mol. The molecule has 8 nitrogen and oxygen atoms in total. The van der Waals surface area contributed by atoms with Gasteiger partial charge in [0, 0.05) is 43.7 Å². The van der Waals surface area contributed by atoms with Gasteiger partial charge in [-0.3, -0.25) is 9.59 Å². The number of fused-ring (bicyclic) bond motifs is 1. The molecule has 1 atom stereocenters. The second kappa shape index (κ2) is 12.3. The maximum absolute atomic E-state index is 13.8. The third kappa shape index (κ3) is 6.43. The summed E-state index contributed by atoms with van der Waals surface area (Å²) in [4.78, 5) is 39.7. The zero-order valence-electron chi connectivity index (χ0n) is 22.0. The number of benzene rings is 3. The molecule has 0 spiro atoms. The number of hydrogen-bond acceptors (Lipinski definition) is 5. The number of aromatic nitrogens is 1. The SMILES string of the molecule is CCN(CC)C(=O)Oc1ccc2c(ccn2Cc2cccc(F)c2)c1NC(=O)[C@@H](OC(C)=O)c1ccccc1. The van der Waals surface area contributed by atoms with Crippen LogP contribution in [0.1, 0.15) is 38.0 Å². The normalized spacial score (nSPS) is 11.6. The number of rotatable bonds is 9. The van der Waals surface area contributed by atoms with E-state index in [-0.39, 0.29) is 17.3 Å². The molecular formula is C30H30FN3O5. The predicted molar refractivity (Wildman–Crippen MR) is 146 cm³/mol. The van der Waals surface area contributed by atoms with Crippen molar-refractivity contribution in [2.24, 2.45) is 0 Å². The van der Waals surface area contributed by atoms with E-state index in [0.717, 1.165) is 11.1 Å². The molecule has 39 heavy (non-hydrogen) atoms. The quantitative estimate of drug-likeness (QED) is 0.271. The zero-order chi connectivity index (χ0) is 27.9. The molecule has 0 saturated heterocycles. The van der Waals surface area contributed by atoms with E-state index in [1.54, 1.807) is 54.6 Å². The van der Waals surface area contributed by atoms with Crippen molar-refractivity contribution in [1.82, 2.24) is 9.47 Å². The summed E-state index contributed by atoms with van der Waals surface area (Å²) < 4.78 is 26.8. The maximum Gasteiger partial charge on any atom is 0.415 e. The van der Waals surface area contributed by atoms with Gasteiger partial charge in [-0.25, -0.2) is 9.18 Å². The number of ether oxygens (including phenoxy) is 2. The van der Waals surface area contributed by atoms with Crippen molar-refractivity contribution in [3.05, 3.63) is 95.9 Å². The van der Waals surface area contributed by atoms with E-state index in [1.165, 1.54) is 24.0 Å². The number of hydrogen-bond donors (Lipinski definition) is 1. The van der Waals surface area contributed by atoms with Gasteiger partial charge in [0.2, 0.25) is 6.10 Å². The molecule has 0 aliphatic heterocycles. The highest BCUT2D eigenvalue weighted by atomic mass is 19.1. The molecule has 0 saturated carbocycles. The van der Waals surface area contributed by atoms with Gasteiger partial charge >= 0.3 is 12.1 Å². The van der Waals surface area contributed by atoms with E-state index < -0.39 is 24.1 Å². The van der Waals surface area contributed by atoms with E-state index in [1.807, 2.05) is 30.7 Å². The summed E-state index contributed by atoms with van der Waals surface area (Å²) in [5.74, 6) is -1.42. The summed E-state index contributed by atoms with van der Waals surface area (Å²) in [5.41, 5.74) is 2.22. The zero-order valence-corrected chi connectivity index (χ0v) is 22.0. The fourth-order valence-corrected chi connectivity index (χ4v) is 4.33. The van der Waals surface area contributed by atoms with Crippen LogP contribution in [0.2, 0.25) is 0 Å². The highest BCUT2D eigenvalue weighted by Crippen LogP contribution is 2.36. The summed E-state index contributed by atoms with van der Waals surface area (Å²) >= 11 is 0.